The molecule has 0 aromatic rings. The molecule has 0 radical (unpaired) electrons. The SMILES string of the molecule is COCCC[C@@H](C)O. The Bertz CT molecular complexity index is 43.8. The molecule has 0 aliphatic rings. The number of hydrogen-bond donors (Lipinski definition) is 1. The zero-order valence-electron chi connectivity index (χ0n) is 5.55. The van der Waals surface area contributed by atoms with E-state index in [-0.39, 0.29) is 6.10 Å². The number of ether oxygens (including phenoxy) is 1. The lowest BCUT2D eigenvalue weighted by Crippen LogP contribution is -2.00. The first-order valence-corrected chi connectivity index (χ1v) is 2.94. The van der Waals surface area contributed by atoms with Gasteiger partial charge in [0.1, 0.15) is 0 Å². The van der Waals surface area contributed by atoms with Crippen LogP contribution in [0, 0.1) is 0 Å². The van der Waals surface area contributed by atoms with Crippen molar-refractivity contribution in [1.29, 1.82) is 0 Å². The molecule has 1 N–H and O–H groups in total. The van der Waals surface area contributed by atoms with Crippen molar-refractivity contribution < 1.29 is 9.84 Å². The molecule has 0 amide bonds. The maximum absolute atomic E-state index is 8.72. The van der Waals surface area contributed by atoms with Crippen LogP contribution in [0.25, 0.3) is 0 Å². The van der Waals surface area contributed by atoms with Crippen LogP contribution < -0.4 is 0 Å². The maximum Gasteiger partial charge on any atom is 0.0513 e. The number of aliphatic hydroxyl groups is 1. The van der Waals surface area contributed by atoms with E-state index in [0.29, 0.717) is 0 Å². The highest BCUT2D eigenvalue weighted by molar-refractivity contribution is 4.44. The molecular weight excluding hydrogens is 104 g/mol. The van der Waals surface area contributed by atoms with Crippen molar-refractivity contribution in [2.24, 2.45) is 0 Å². The third-order valence-electron chi connectivity index (χ3n) is 0.970. The number of aliphatic hydroxyl groups excluding tert-OH is 1. The Morgan fingerprint density at radius 2 is 2.25 bits per heavy atom. The highest BCUT2D eigenvalue weighted by atomic mass is 16.5. The fourth-order valence-electron chi connectivity index (χ4n) is 0.523. The van der Waals surface area contributed by atoms with Gasteiger partial charge in [-0.3, -0.25) is 0 Å². The highest BCUT2D eigenvalue weighted by Crippen LogP contribution is 1.93. The highest BCUT2D eigenvalue weighted by Gasteiger charge is 1.92. The molecule has 0 aliphatic heterocycles. The first-order valence-electron chi connectivity index (χ1n) is 2.94. The molecule has 0 aliphatic carbocycles. The van der Waals surface area contributed by atoms with Gasteiger partial charge in [0.25, 0.3) is 0 Å². The van der Waals surface area contributed by atoms with Crippen molar-refractivity contribution in [3.63, 3.8) is 0 Å². The van der Waals surface area contributed by atoms with E-state index in [1.54, 1.807) is 14.0 Å². The quantitative estimate of drug-likeness (QED) is 0.553. The van der Waals surface area contributed by atoms with Gasteiger partial charge < -0.3 is 9.84 Å². The molecule has 8 heavy (non-hydrogen) atoms. The summed E-state index contributed by atoms with van der Waals surface area (Å²) in [5, 5.41) is 8.72. The lowest BCUT2D eigenvalue weighted by atomic mass is 10.2. The first-order chi connectivity index (χ1) is 3.77. The largest absolute Gasteiger partial charge is 0.393 e. The van der Waals surface area contributed by atoms with Crippen LogP contribution in [-0.4, -0.2) is 24.9 Å². The van der Waals surface area contributed by atoms with Gasteiger partial charge in [-0.05, 0) is 19.8 Å². The van der Waals surface area contributed by atoms with Crippen LogP contribution >= 0.6 is 0 Å². The summed E-state index contributed by atoms with van der Waals surface area (Å²) in [5.41, 5.74) is 0. The molecule has 0 rings (SSSR count). The zero-order valence-corrected chi connectivity index (χ0v) is 5.55. The van der Waals surface area contributed by atoms with Crippen LogP contribution in [0.15, 0.2) is 0 Å². The van der Waals surface area contributed by atoms with Gasteiger partial charge >= 0.3 is 0 Å². The van der Waals surface area contributed by atoms with Gasteiger partial charge in [0.2, 0.25) is 0 Å². The predicted molar refractivity (Wildman–Crippen MR) is 32.8 cm³/mol. The second kappa shape index (κ2) is 5.06. The molecule has 0 aromatic heterocycles. The molecule has 0 fully saturated rings. The Labute approximate surface area is 50.5 Å². The van der Waals surface area contributed by atoms with E-state index in [4.69, 9.17) is 9.84 Å². The molecule has 0 saturated heterocycles. The second-order valence-electron chi connectivity index (χ2n) is 1.98. The van der Waals surface area contributed by atoms with Gasteiger partial charge in [0.05, 0.1) is 6.10 Å². The van der Waals surface area contributed by atoms with Crippen LogP contribution in [0.2, 0.25) is 0 Å². The molecule has 0 unspecified atom stereocenters. The van der Waals surface area contributed by atoms with Crippen molar-refractivity contribution in [2.45, 2.75) is 25.9 Å². The summed E-state index contributed by atoms with van der Waals surface area (Å²) >= 11 is 0. The standard InChI is InChI=1S/C6H14O2/c1-6(7)4-3-5-8-2/h6-7H,3-5H2,1-2H3/t6-/m1/s1. The van der Waals surface area contributed by atoms with E-state index in [1.165, 1.54) is 0 Å². The van der Waals surface area contributed by atoms with Gasteiger partial charge in [-0.15, -0.1) is 0 Å². The van der Waals surface area contributed by atoms with Crippen molar-refractivity contribution in [2.75, 3.05) is 13.7 Å². The Hall–Kier alpha value is -0.0800. The molecular formula is C6H14O2. The number of methoxy groups -OCH3 is 1. The van der Waals surface area contributed by atoms with Crippen LogP contribution in [0.1, 0.15) is 19.8 Å². The third-order valence-corrected chi connectivity index (χ3v) is 0.970. The fourth-order valence-corrected chi connectivity index (χ4v) is 0.523. The Kier molecular flexibility index (Phi) is 5.01. The molecule has 50 valence electrons. The third kappa shape index (κ3) is 5.92. The summed E-state index contributed by atoms with van der Waals surface area (Å²) in [6.45, 7) is 2.54. The minimum absolute atomic E-state index is 0.176. The first kappa shape index (κ1) is 7.92. The average molecular weight is 118 g/mol. The molecule has 0 bridgehead atoms. The van der Waals surface area contributed by atoms with E-state index in [0.717, 1.165) is 19.4 Å². The van der Waals surface area contributed by atoms with Crippen molar-refractivity contribution in [3.8, 4) is 0 Å². The van der Waals surface area contributed by atoms with Crippen LogP contribution in [0.4, 0.5) is 0 Å². The fraction of sp³-hybridized carbons (Fsp3) is 1.00. The minimum atomic E-state index is -0.176. The van der Waals surface area contributed by atoms with E-state index < -0.39 is 0 Å². The smallest absolute Gasteiger partial charge is 0.0513 e. The summed E-state index contributed by atoms with van der Waals surface area (Å²) in [7, 11) is 1.67. The summed E-state index contributed by atoms with van der Waals surface area (Å²) in [4.78, 5) is 0. The summed E-state index contributed by atoms with van der Waals surface area (Å²) in [6.07, 6.45) is 1.62. The second-order valence-corrected chi connectivity index (χ2v) is 1.98. The lowest BCUT2D eigenvalue weighted by molar-refractivity contribution is 0.147. The van der Waals surface area contributed by atoms with Crippen molar-refractivity contribution >= 4 is 0 Å². The Balaban J connectivity index is 2.72. The normalized spacial score (nSPS) is 13.9. The van der Waals surface area contributed by atoms with E-state index >= 15 is 0 Å². The van der Waals surface area contributed by atoms with Crippen LogP contribution in [0.5, 0.6) is 0 Å². The van der Waals surface area contributed by atoms with Gasteiger partial charge in [0.15, 0.2) is 0 Å². The molecule has 0 spiro atoms. The Morgan fingerprint density at radius 1 is 1.62 bits per heavy atom. The van der Waals surface area contributed by atoms with E-state index in [1.807, 2.05) is 0 Å². The van der Waals surface area contributed by atoms with Gasteiger partial charge in [-0.2, -0.15) is 0 Å². The molecule has 0 saturated carbocycles. The zero-order chi connectivity index (χ0) is 6.41. The summed E-state index contributed by atoms with van der Waals surface area (Å²) in [5.74, 6) is 0. The molecule has 0 aromatic carbocycles. The predicted octanol–water partition coefficient (Wildman–Crippen LogP) is 0.794. The average Bonchev–Trinajstić information content (AvgIpc) is 1.66. The molecule has 0 heterocycles. The lowest BCUT2D eigenvalue weighted by Gasteiger charge is -2.00. The monoisotopic (exact) mass is 118 g/mol. The van der Waals surface area contributed by atoms with Crippen LogP contribution in [-0.2, 0) is 4.74 Å². The molecule has 1 atom stereocenters. The number of hydrogen-bond acceptors (Lipinski definition) is 2. The minimum Gasteiger partial charge on any atom is -0.393 e. The summed E-state index contributed by atoms with van der Waals surface area (Å²) in [6, 6.07) is 0. The van der Waals surface area contributed by atoms with Crippen molar-refractivity contribution in [3.05, 3.63) is 0 Å². The van der Waals surface area contributed by atoms with Crippen LogP contribution in [0.3, 0.4) is 0 Å². The summed E-state index contributed by atoms with van der Waals surface area (Å²) < 4.78 is 4.78. The van der Waals surface area contributed by atoms with Gasteiger partial charge in [0, 0.05) is 13.7 Å². The van der Waals surface area contributed by atoms with Crippen molar-refractivity contribution in [1.82, 2.24) is 0 Å². The Morgan fingerprint density at radius 3 is 2.62 bits per heavy atom. The topological polar surface area (TPSA) is 29.5 Å². The van der Waals surface area contributed by atoms with Gasteiger partial charge in [-0.1, -0.05) is 0 Å². The molecule has 2 nitrogen and oxygen atoms in total. The van der Waals surface area contributed by atoms with Gasteiger partial charge in [-0.25, -0.2) is 0 Å². The van der Waals surface area contributed by atoms with E-state index in [9.17, 15) is 0 Å². The maximum atomic E-state index is 8.72. The van der Waals surface area contributed by atoms with E-state index in [2.05, 4.69) is 0 Å². The number of rotatable bonds is 4. The molecule has 2 heteroatoms.